The van der Waals surface area contributed by atoms with Crippen molar-refractivity contribution in [3.8, 4) is 0 Å². The molecule has 0 fully saturated rings. The van der Waals surface area contributed by atoms with Gasteiger partial charge in [-0.3, -0.25) is 0 Å². The Kier molecular flexibility index (Phi) is 3.30. The van der Waals surface area contributed by atoms with E-state index in [2.05, 4.69) is 18.2 Å². The number of rotatable bonds is 1. The van der Waals surface area contributed by atoms with E-state index in [9.17, 15) is 0 Å². The van der Waals surface area contributed by atoms with Gasteiger partial charge in [-0.15, -0.1) is 17.9 Å². The molecule has 1 aromatic heterocycles. The van der Waals surface area contributed by atoms with Gasteiger partial charge < -0.3 is 16.5 Å². The Labute approximate surface area is 75.9 Å². The molecular weight excluding hydrogens is 296 g/mol. The minimum atomic E-state index is -0.128. The molecule has 0 aliphatic rings. The second kappa shape index (κ2) is 3.34. The second-order valence-electron chi connectivity index (χ2n) is 2.71. The van der Waals surface area contributed by atoms with Crippen LogP contribution in [0.4, 0.5) is 0 Å². The van der Waals surface area contributed by atoms with E-state index < -0.39 is 0 Å². The molecule has 2 nitrogen and oxygen atoms in total. The summed E-state index contributed by atoms with van der Waals surface area (Å²) in [5, 5.41) is 0. The first-order valence-corrected chi connectivity index (χ1v) is 2.87. The Morgan fingerprint density at radius 2 is 2.20 bits per heavy atom. The molecule has 0 amide bonds. The number of hydrogen-bond acceptors (Lipinski definition) is 1. The molecule has 0 atom stereocenters. The number of nitrogens with zero attached hydrogens (tertiary/aromatic N) is 2. The van der Waals surface area contributed by atoms with Crippen molar-refractivity contribution in [1.29, 1.82) is 0 Å². The van der Waals surface area contributed by atoms with Crippen molar-refractivity contribution in [3.05, 3.63) is 25.6 Å². The van der Waals surface area contributed by atoms with Gasteiger partial charge in [-0.25, -0.2) is 0 Å². The van der Waals surface area contributed by atoms with Gasteiger partial charge in [0.2, 0.25) is 0 Å². The average Bonchev–Trinajstić information content (AvgIpc) is 2.08. The van der Waals surface area contributed by atoms with Crippen molar-refractivity contribution in [3.63, 3.8) is 0 Å². The van der Waals surface area contributed by atoms with Crippen molar-refractivity contribution in [1.82, 2.24) is 9.55 Å². The Morgan fingerprint density at radius 3 is 2.40 bits per heavy atom. The fraction of sp³-hybridized carbons (Fsp3) is 0.429. The van der Waals surface area contributed by atoms with Gasteiger partial charge in [-0.2, -0.15) is 0 Å². The van der Waals surface area contributed by atoms with Crippen LogP contribution < -0.4 is 0 Å². The molecule has 0 unspecified atom stereocenters. The molecule has 1 aromatic rings. The third-order valence-corrected chi connectivity index (χ3v) is 1.11. The molecule has 0 spiro atoms. The van der Waals surface area contributed by atoms with Crippen LogP contribution in [-0.4, -0.2) is 9.55 Å². The van der Waals surface area contributed by atoms with E-state index in [4.69, 9.17) is 0 Å². The Bertz CT molecular complexity index is 174. The molecule has 0 radical (unpaired) electrons. The monoisotopic (exact) mass is 306 g/mol. The van der Waals surface area contributed by atoms with Crippen molar-refractivity contribution < 1.29 is 21.1 Å². The summed E-state index contributed by atoms with van der Waals surface area (Å²) < 4.78 is 1.84. The first kappa shape index (κ1) is 9.90. The standard InChI is InChI=1S/C7H10N2.W/c1-7(2,3)9-5-4-8-6-9;/h4-5H,1H2,2-3H3;/q-2;+2. The van der Waals surface area contributed by atoms with E-state index in [-0.39, 0.29) is 26.6 Å². The summed E-state index contributed by atoms with van der Waals surface area (Å²) in [5.41, 5.74) is -0.128. The quantitative estimate of drug-likeness (QED) is 0.714. The molecule has 10 heavy (non-hydrogen) atoms. The van der Waals surface area contributed by atoms with E-state index in [0.29, 0.717) is 0 Å². The summed E-state index contributed by atoms with van der Waals surface area (Å²) in [6.07, 6.45) is 6.34. The fourth-order valence-electron chi connectivity index (χ4n) is 0.566. The Morgan fingerprint density at radius 1 is 1.60 bits per heavy atom. The van der Waals surface area contributed by atoms with Crippen LogP contribution in [0.3, 0.4) is 0 Å². The van der Waals surface area contributed by atoms with Gasteiger partial charge in [-0.05, 0) is 6.33 Å². The molecule has 0 aliphatic heterocycles. The van der Waals surface area contributed by atoms with Crippen LogP contribution in [0.5, 0.6) is 0 Å². The van der Waals surface area contributed by atoms with Crippen LogP contribution in [-0.2, 0) is 26.6 Å². The second-order valence-corrected chi connectivity index (χ2v) is 2.71. The van der Waals surface area contributed by atoms with Crippen LogP contribution in [0.25, 0.3) is 0 Å². The van der Waals surface area contributed by atoms with Gasteiger partial charge in [0.05, 0.1) is 0 Å². The first-order valence-electron chi connectivity index (χ1n) is 2.87. The van der Waals surface area contributed by atoms with Crippen LogP contribution in [0.2, 0.25) is 0 Å². The third-order valence-electron chi connectivity index (χ3n) is 1.11. The predicted octanol–water partition coefficient (Wildman–Crippen LogP) is 1.25. The van der Waals surface area contributed by atoms with Crippen molar-refractivity contribution in [2.24, 2.45) is 0 Å². The first-order chi connectivity index (χ1) is 4.11. The molecule has 1 heterocycles. The van der Waals surface area contributed by atoms with Crippen LogP contribution in [0.15, 0.2) is 12.4 Å². The van der Waals surface area contributed by atoms with Crippen LogP contribution >= 0.6 is 0 Å². The summed E-state index contributed by atoms with van der Waals surface area (Å²) in [6, 6.07) is 0. The number of imidazole rings is 1. The van der Waals surface area contributed by atoms with E-state index in [1.165, 1.54) is 0 Å². The zero-order chi connectivity index (χ0) is 6.91. The van der Waals surface area contributed by atoms with Gasteiger partial charge in [0.1, 0.15) is 0 Å². The van der Waals surface area contributed by atoms with Crippen molar-refractivity contribution >= 4 is 0 Å². The summed E-state index contributed by atoms with van der Waals surface area (Å²) >= 11 is 0. The zero-order valence-electron chi connectivity index (χ0n) is 6.16. The summed E-state index contributed by atoms with van der Waals surface area (Å²) in [7, 11) is 0. The minimum absolute atomic E-state index is 0. The minimum Gasteiger partial charge on any atom is -0.476 e. The largest absolute Gasteiger partial charge is 2.00 e. The van der Waals surface area contributed by atoms with E-state index in [0.717, 1.165) is 0 Å². The maximum atomic E-state index is 3.90. The SMILES string of the molecule is [CH2-]C(C)(C)n1[c-]ncc1.[W+2]. The van der Waals surface area contributed by atoms with Crippen LogP contribution in [0, 0.1) is 13.3 Å². The van der Waals surface area contributed by atoms with Gasteiger partial charge in [-0.1, -0.05) is 13.8 Å². The molecule has 0 saturated heterocycles. The Hall–Kier alpha value is -0.102. The summed E-state index contributed by atoms with van der Waals surface area (Å²) in [4.78, 5) is 3.79. The molecular formula is C7H10N2W. The smallest absolute Gasteiger partial charge is 0.476 e. The molecule has 1 rings (SSSR count). The topological polar surface area (TPSA) is 17.8 Å². The molecule has 3 heteroatoms. The molecule has 0 saturated carbocycles. The summed E-state index contributed by atoms with van der Waals surface area (Å²) in [6.45, 7) is 7.91. The summed E-state index contributed by atoms with van der Waals surface area (Å²) in [5.74, 6) is 0. The van der Waals surface area contributed by atoms with Gasteiger partial charge in [0, 0.05) is 0 Å². The fourth-order valence-corrected chi connectivity index (χ4v) is 0.566. The van der Waals surface area contributed by atoms with Gasteiger partial charge in [0.25, 0.3) is 0 Å². The van der Waals surface area contributed by atoms with Gasteiger partial charge in [0.15, 0.2) is 0 Å². The maximum Gasteiger partial charge on any atom is 2.00 e. The molecule has 0 aliphatic carbocycles. The average molecular weight is 306 g/mol. The zero-order valence-corrected chi connectivity index (χ0v) is 9.10. The van der Waals surface area contributed by atoms with Crippen molar-refractivity contribution in [2.75, 3.05) is 0 Å². The van der Waals surface area contributed by atoms with Crippen molar-refractivity contribution in [2.45, 2.75) is 19.4 Å². The Balaban J connectivity index is 0.000000810. The number of aromatic nitrogens is 2. The molecule has 54 valence electrons. The van der Waals surface area contributed by atoms with E-state index in [1.54, 1.807) is 6.20 Å². The predicted molar refractivity (Wildman–Crippen MR) is 35.7 cm³/mol. The maximum absolute atomic E-state index is 3.90. The molecule has 0 N–H and O–H groups in total. The normalized spacial score (nSPS) is 10.7. The molecule has 0 bridgehead atoms. The number of hydrogen-bond donors (Lipinski definition) is 0. The van der Waals surface area contributed by atoms with E-state index >= 15 is 0 Å². The van der Waals surface area contributed by atoms with Gasteiger partial charge >= 0.3 is 21.1 Å². The molecule has 0 aromatic carbocycles. The third kappa shape index (κ3) is 2.26. The van der Waals surface area contributed by atoms with Crippen LogP contribution in [0.1, 0.15) is 13.8 Å². The van der Waals surface area contributed by atoms with E-state index in [1.807, 2.05) is 24.6 Å².